The van der Waals surface area contributed by atoms with Crippen molar-refractivity contribution in [1.82, 2.24) is 15.2 Å². The zero-order chi connectivity index (χ0) is 17.4. The number of aromatic nitrogens is 1. The zero-order valence-electron chi connectivity index (χ0n) is 14.9. The zero-order valence-corrected chi connectivity index (χ0v) is 14.9. The van der Waals surface area contributed by atoms with E-state index >= 15 is 0 Å². The molecule has 130 valence electrons. The van der Waals surface area contributed by atoms with Crippen LogP contribution >= 0.6 is 0 Å². The lowest BCUT2D eigenvalue weighted by Gasteiger charge is -2.36. The van der Waals surface area contributed by atoms with Crippen molar-refractivity contribution in [3.63, 3.8) is 0 Å². The van der Waals surface area contributed by atoms with Gasteiger partial charge in [-0.2, -0.15) is 0 Å². The van der Waals surface area contributed by atoms with Gasteiger partial charge in [-0.15, -0.1) is 0 Å². The largest absolute Gasteiger partial charge is 0.351 e. The van der Waals surface area contributed by atoms with Gasteiger partial charge in [-0.1, -0.05) is 43.2 Å². The van der Waals surface area contributed by atoms with E-state index in [2.05, 4.69) is 47.5 Å². The number of fused-ring (bicyclic) bond motifs is 3. The molecule has 4 nitrogen and oxygen atoms in total. The summed E-state index contributed by atoms with van der Waals surface area (Å²) in [6.45, 7) is 0.703. The Morgan fingerprint density at radius 3 is 2.64 bits per heavy atom. The number of nitrogens with zero attached hydrogens (tertiary/aromatic N) is 1. The summed E-state index contributed by atoms with van der Waals surface area (Å²) in [5.41, 5.74) is 1.75. The van der Waals surface area contributed by atoms with Gasteiger partial charge in [-0.3, -0.25) is 4.79 Å². The van der Waals surface area contributed by atoms with Crippen LogP contribution in [0.25, 0.3) is 21.7 Å². The van der Waals surface area contributed by atoms with Gasteiger partial charge in [0, 0.05) is 23.0 Å². The average molecular weight is 335 g/mol. The highest BCUT2D eigenvalue weighted by atomic mass is 16.1. The summed E-state index contributed by atoms with van der Waals surface area (Å²) in [5, 5.41) is 6.63. The van der Waals surface area contributed by atoms with Crippen molar-refractivity contribution in [2.75, 3.05) is 20.6 Å². The Bertz CT molecular complexity index is 919. The van der Waals surface area contributed by atoms with Crippen molar-refractivity contribution < 1.29 is 4.79 Å². The van der Waals surface area contributed by atoms with Crippen LogP contribution in [0.2, 0.25) is 0 Å². The molecular formula is C21H25N3O. The molecule has 2 N–H and O–H groups in total. The number of H-pyrrole nitrogens is 1. The van der Waals surface area contributed by atoms with Crippen molar-refractivity contribution in [3.05, 3.63) is 48.2 Å². The molecular weight excluding hydrogens is 310 g/mol. The predicted octanol–water partition coefficient (Wildman–Crippen LogP) is 3.93. The molecule has 2 aromatic carbocycles. The van der Waals surface area contributed by atoms with Gasteiger partial charge < -0.3 is 15.2 Å². The third-order valence-corrected chi connectivity index (χ3v) is 5.83. The van der Waals surface area contributed by atoms with Crippen LogP contribution in [0.3, 0.4) is 0 Å². The lowest BCUT2D eigenvalue weighted by molar-refractivity contribution is 0.0896. The number of benzene rings is 2. The molecule has 4 heteroatoms. The van der Waals surface area contributed by atoms with E-state index in [1.807, 2.05) is 24.3 Å². The highest BCUT2D eigenvalue weighted by Gasteiger charge is 2.36. The van der Waals surface area contributed by atoms with Crippen molar-refractivity contribution in [1.29, 1.82) is 0 Å². The monoisotopic (exact) mass is 335 g/mol. The Hall–Kier alpha value is -2.33. The maximum atomic E-state index is 12.7. The molecule has 3 aromatic rings. The normalized spacial score (nSPS) is 16.8. The maximum absolute atomic E-state index is 12.7. The van der Waals surface area contributed by atoms with Crippen LogP contribution in [0, 0.1) is 0 Å². The fraction of sp³-hybridized carbons (Fsp3) is 0.381. The van der Waals surface area contributed by atoms with Crippen molar-refractivity contribution in [2.24, 2.45) is 0 Å². The van der Waals surface area contributed by atoms with Crippen LogP contribution in [0.1, 0.15) is 36.2 Å². The van der Waals surface area contributed by atoms with Crippen molar-refractivity contribution >= 4 is 27.6 Å². The number of likely N-dealkylation sites (N-methyl/N-ethyl adjacent to an activating group) is 1. The standard InChI is InChI=1S/C21H25N3O/c1-24(2)21(11-5-6-12-21)14-22-20(25)19-13-17-16-8-4-3-7-15(16)9-10-18(17)23-19/h3-4,7-10,13,23H,5-6,11-12,14H2,1-2H3,(H,22,25). The number of nitrogens with one attached hydrogen (secondary N) is 2. The van der Waals surface area contributed by atoms with E-state index in [1.54, 1.807) is 0 Å². The van der Waals surface area contributed by atoms with Crippen LogP contribution in [-0.4, -0.2) is 42.0 Å². The quantitative estimate of drug-likeness (QED) is 0.759. The SMILES string of the molecule is CN(C)C1(CNC(=O)c2cc3c(ccc4ccccc43)[nH]2)CCCC1. The smallest absolute Gasteiger partial charge is 0.267 e. The number of carbonyl (C=O) groups is 1. The van der Waals surface area contributed by atoms with Gasteiger partial charge in [-0.05, 0) is 49.8 Å². The fourth-order valence-electron chi connectivity index (χ4n) is 4.16. The summed E-state index contributed by atoms with van der Waals surface area (Å²) in [5.74, 6) is -0.0200. The third-order valence-electron chi connectivity index (χ3n) is 5.83. The van der Waals surface area contributed by atoms with Gasteiger partial charge in [0.05, 0.1) is 0 Å². The van der Waals surface area contributed by atoms with Gasteiger partial charge in [0.1, 0.15) is 5.69 Å². The molecule has 1 fully saturated rings. The summed E-state index contributed by atoms with van der Waals surface area (Å²) in [7, 11) is 4.24. The lowest BCUT2D eigenvalue weighted by Crippen LogP contribution is -2.50. The second-order valence-electron chi connectivity index (χ2n) is 7.44. The number of rotatable bonds is 4. The Labute approximate surface area is 148 Å². The van der Waals surface area contributed by atoms with E-state index in [0.29, 0.717) is 12.2 Å². The molecule has 0 bridgehead atoms. The molecule has 1 aliphatic rings. The van der Waals surface area contributed by atoms with Crippen LogP contribution < -0.4 is 5.32 Å². The molecule has 1 aliphatic carbocycles. The Kier molecular flexibility index (Phi) is 4.00. The second-order valence-corrected chi connectivity index (χ2v) is 7.44. The van der Waals surface area contributed by atoms with Gasteiger partial charge in [-0.25, -0.2) is 0 Å². The van der Waals surface area contributed by atoms with Gasteiger partial charge in [0.2, 0.25) is 0 Å². The van der Waals surface area contributed by atoms with Crippen molar-refractivity contribution in [2.45, 2.75) is 31.2 Å². The maximum Gasteiger partial charge on any atom is 0.267 e. The first-order chi connectivity index (χ1) is 12.1. The second kappa shape index (κ2) is 6.19. The predicted molar refractivity (Wildman–Crippen MR) is 103 cm³/mol. The van der Waals surface area contributed by atoms with Gasteiger partial charge in [0.25, 0.3) is 5.91 Å². The molecule has 1 amide bonds. The van der Waals surface area contributed by atoms with E-state index in [4.69, 9.17) is 0 Å². The van der Waals surface area contributed by atoms with Crippen LogP contribution in [-0.2, 0) is 0 Å². The number of amides is 1. The van der Waals surface area contributed by atoms with Crippen LogP contribution in [0.4, 0.5) is 0 Å². The molecule has 25 heavy (non-hydrogen) atoms. The van der Waals surface area contributed by atoms with E-state index in [1.165, 1.54) is 23.6 Å². The number of hydrogen-bond acceptors (Lipinski definition) is 2. The average Bonchev–Trinajstić information content (AvgIpc) is 3.27. The van der Waals surface area contributed by atoms with Crippen LogP contribution in [0.15, 0.2) is 42.5 Å². The first-order valence-electron chi connectivity index (χ1n) is 9.05. The molecule has 1 heterocycles. The van der Waals surface area contributed by atoms with E-state index in [9.17, 15) is 4.79 Å². The first-order valence-corrected chi connectivity index (χ1v) is 9.05. The molecule has 0 saturated heterocycles. The van der Waals surface area contributed by atoms with Gasteiger partial charge in [0.15, 0.2) is 0 Å². The molecule has 1 aromatic heterocycles. The third kappa shape index (κ3) is 2.81. The minimum absolute atomic E-state index is 0.0200. The fourth-order valence-corrected chi connectivity index (χ4v) is 4.16. The Balaban J connectivity index is 1.59. The number of carbonyl (C=O) groups excluding carboxylic acids is 1. The highest BCUT2D eigenvalue weighted by Crippen LogP contribution is 2.33. The van der Waals surface area contributed by atoms with Crippen LogP contribution in [0.5, 0.6) is 0 Å². The van der Waals surface area contributed by atoms with E-state index < -0.39 is 0 Å². The number of hydrogen-bond donors (Lipinski definition) is 2. The van der Waals surface area contributed by atoms with Gasteiger partial charge >= 0.3 is 0 Å². The minimum atomic E-state index is -0.0200. The number of aromatic amines is 1. The summed E-state index contributed by atoms with van der Waals surface area (Å²) in [4.78, 5) is 18.3. The minimum Gasteiger partial charge on any atom is -0.351 e. The van der Waals surface area contributed by atoms with Crippen molar-refractivity contribution in [3.8, 4) is 0 Å². The molecule has 0 spiro atoms. The summed E-state index contributed by atoms with van der Waals surface area (Å²) in [6.07, 6.45) is 4.79. The Morgan fingerprint density at radius 1 is 1.12 bits per heavy atom. The summed E-state index contributed by atoms with van der Waals surface area (Å²) >= 11 is 0. The molecule has 0 atom stereocenters. The summed E-state index contributed by atoms with van der Waals surface area (Å²) < 4.78 is 0. The molecule has 0 aliphatic heterocycles. The van der Waals surface area contributed by atoms with E-state index in [-0.39, 0.29) is 11.4 Å². The molecule has 0 unspecified atom stereocenters. The summed E-state index contributed by atoms with van der Waals surface area (Å²) in [6, 6.07) is 14.4. The lowest BCUT2D eigenvalue weighted by atomic mass is 9.96. The first kappa shape index (κ1) is 16.2. The molecule has 0 radical (unpaired) electrons. The highest BCUT2D eigenvalue weighted by molar-refractivity contribution is 6.09. The Morgan fingerprint density at radius 2 is 1.88 bits per heavy atom. The topological polar surface area (TPSA) is 48.1 Å². The van der Waals surface area contributed by atoms with E-state index in [0.717, 1.165) is 23.7 Å². The molecule has 1 saturated carbocycles. The molecule has 4 rings (SSSR count).